The highest BCUT2D eigenvalue weighted by Gasteiger charge is 2.29. The van der Waals surface area contributed by atoms with Gasteiger partial charge in [-0.3, -0.25) is 10.1 Å². The molecule has 0 aliphatic rings. The van der Waals surface area contributed by atoms with E-state index in [-0.39, 0.29) is 30.2 Å². The fourth-order valence-corrected chi connectivity index (χ4v) is 3.09. The van der Waals surface area contributed by atoms with Crippen LogP contribution in [0.5, 0.6) is 0 Å². The van der Waals surface area contributed by atoms with Crippen molar-refractivity contribution in [3.8, 4) is 16.9 Å². The van der Waals surface area contributed by atoms with Crippen LogP contribution in [0.4, 0.5) is 5.69 Å². The molecule has 0 radical (unpaired) electrons. The first-order valence-electron chi connectivity index (χ1n) is 9.38. The van der Waals surface area contributed by atoms with E-state index in [0.717, 1.165) is 0 Å². The van der Waals surface area contributed by atoms with Crippen LogP contribution in [0.25, 0.3) is 16.9 Å². The molecule has 0 bridgehead atoms. The van der Waals surface area contributed by atoms with E-state index in [2.05, 4.69) is 0 Å². The Morgan fingerprint density at radius 3 is 2.10 bits per heavy atom. The van der Waals surface area contributed by atoms with E-state index in [1.54, 1.807) is 60.9 Å². The van der Waals surface area contributed by atoms with Crippen LogP contribution in [-0.2, 0) is 9.47 Å². The molecule has 0 aliphatic heterocycles. The molecule has 154 valence electrons. The van der Waals surface area contributed by atoms with Gasteiger partial charge in [0.2, 0.25) is 0 Å². The molecule has 0 unspecified atom stereocenters. The van der Waals surface area contributed by atoms with E-state index in [4.69, 9.17) is 9.47 Å². The normalized spacial score (nSPS) is 10.5. The number of aromatic nitrogens is 1. The van der Waals surface area contributed by atoms with Gasteiger partial charge in [0.05, 0.1) is 29.4 Å². The first-order chi connectivity index (χ1) is 14.5. The Bertz CT molecular complexity index is 1070. The molecular formula is C22H20N2O6. The van der Waals surface area contributed by atoms with Crippen LogP contribution >= 0.6 is 0 Å². The van der Waals surface area contributed by atoms with Gasteiger partial charge in [0.25, 0.3) is 5.69 Å². The van der Waals surface area contributed by atoms with Crippen LogP contribution in [0.2, 0.25) is 0 Å². The lowest BCUT2D eigenvalue weighted by Gasteiger charge is -2.14. The van der Waals surface area contributed by atoms with Gasteiger partial charge in [-0.15, -0.1) is 0 Å². The van der Waals surface area contributed by atoms with E-state index in [1.165, 1.54) is 12.1 Å². The number of benzene rings is 2. The molecule has 0 N–H and O–H groups in total. The Morgan fingerprint density at radius 1 is 0.933 bits per heavy atom. The van der Waals surface area contributed by atoms with Crippen molar-refractivity contribution in [1.82, 2.24) is 4.57 Å². The van der Waals surface area contributed by atoms with Gasteiger partial charge in [-0.2, -0.15) is 0 Å². The van der Waals surface area contributed by atoms with E-state index in [9.17, 15) is 19.7 Å². The summed E-state index contributed by atoms with van der Waals surface area (Å²) in [6.45, 7) is 3.63. The number of hydrogen-bond acceptors (Lipinski definition) is 6. The largest absolute Gasteiger partial charge is 0.462 e. The fraction of sp³-hybridized carbons (Fsp3) is 0.182. The highest BCUT2D eigenvalue weighted by atomic mass is 16.6. The van der Waals surface area contributed by atoms with Gasteiger partial charge in [0.15, 0.2) is 0 Å². The average Bonchev–Trinajstić information content (AvgIpc) is 3.15. The van der Waals surface area contributed by atoms with Gasteiger partial charge < -0.3 is 14.0 Å². The van der Waals surface area contributed by atoms with E-state index < -0.39 is 16.9 Å². The first-order valence-corrected chi connectivity index (χ1v) is 9.38. The number of nitro benzene ring substituents is 1. The van der Waals surface area contributed by atoms with Crippen molar-refractivity contribution >= 4 is 17.6 Å². The molecule has 1 aromatic heterocycles. The summed E-state index contributed by atoms with van der Waals surface area (Å²) in [6, 6.07) is 16.4. The number of hydrogen-bond donors (Lipinski definition) is 0. The maximum Gasteiger partial charge on any atom is 0.356 e. The molecule has 0 spiro atoms. The molecular weight excluding hydrogens is 388 g/mol. The third-order valence-corrected chi connectivity index (χ3v) is 4.35. The summed E-state index contributed by atoms with van der Waals surface area (Å²) in [5.41, 5.74) is 1.76. The second-order valence-electron chi connectivity index (χ2n) is 6.21. The minimum Gasteiger partial charge on any atom is -0.462 e. The molecule has 0 saturated carbocycles. The van der Waals surface area contributed by atoms with Crippen molar-refractivity contribution in [1.29, 1.82) is 0 Å². The molecule has 30 heavy (non-hydrogen) atoms. The zero-order chi connectivity index (χ0) is 21.7. The van der Waals surface area contributed by atoms with Crippen LogP contribution in [0.15, 0.2) is 60.7 Å². The summed E-state index contributed by atoms with van der Waals surface area (Å²) in [5, 5.41) is 11.0. The molecule has 3 rings (SSSR count). The van der Waals surface area contributed by atoms with Gasteiger partial charge in [-0.1, -0.05) is 18.2 Å². The summed E-state index contributed by atoms with van der Waals surface area (Å²) in [4.78, 5) is 35.9. The Morgan fingerprint density at radius 2 is 1.53 bits per heavy atom. The number of non-ortho nitro benzene ring substituents is 1. The second kappa shape index (κ2) is 9.04. The zero-order valence-corrected chi connectivity index (χ0v) is 16.5. The molecule has 0 fully saturated rings. The van der Waals surface area contributed by atoms with Gasteiger partial charge >= 0.3 is 11.9 Å². The summed E-state index contributed by atoms with van der Waals surface area (Å²) < 4.78 is 11.9. The predicted octanol–water partition coefficient (Wildman–Crippen LogP) is 4.41. The van der Waals surface area contributed by atoms with Gasteiger partial charge in [0, 0.05) is 17.8 Å². The molecule has 2 aromatic carbocycles. The van der Waals surface area contributed by atoms with E-state index in [0.29, 0.717) is 16.9 Å². The number of carbonyl (C=O) groups is 2. The van der Waals surface area contributed by atoms with Crippen LogP contribution in [0.1, 0.15) is 34.7 Å². The topological polar surface area (TPSA) is 101 Å². The molecule has 1 heterocycles. The lowest BCUT2D eigenvalue weighted by molar-refractivity contribution is -0.384. The van der Waals surface area contributed by atoms with E-state index in [1.807, 2.05) is 6.07 Å². The standard InChI is InChI=1S/C22H20N2O6/c1-3-29-21(25)18-14-19(15-10-12-17(13-11-15)24(27)28)23(16-8-6-5-7-9-16)20(18)22(26)30-4-2/h5-14H,3-4H2,1-2H3. The third-order valence-electron chi connectivity index (χ3n) is 4.35. The van der Waals surface area contributed by atoms with E-state index >= 15 is 0 Å². The van der Waals surface area contributed by atoms with Crippen molar-refractivity contribution in [2.24, 2.45) is 0 Å². The summed E-state index contributed by atoms with van der Waals surface area (Å²) in [7, 11) is 0. The van der Waals surface area contributed by atoms with Crippen molar-refractivity contribution < 1.29 is 24.0 Å². The van der Waals surface area contributed by atoms with Crippen molar-refractivity contribution in [2.75, 3.05) is 13.2 Å². The quantitative estimate of drug-likeness (QED) is 0.326. The highest BCUT2D eigenvalue weighted by molar-refractivity contribution is 6.04. The number of nitrogens with zero attached hydrogens (tertiary/aromatic N) is 2. The number of rotatable bonds is 7. The third kappa shape index (κ3) is 4.07. The van der Waals surface area contributed by atoms with Crippen molar-refractivity contribution in [3.63, 3.8) is 0 Å². The molecule has 8 nitrogen and oxygen atoms in total. The maximum absolute atomic E-state index is 12.8. The smallest absolute Gasteiger partial charge is 0.356 e. The van der Waals surface area contributed by atoms with Crippen molar-refractivity contribution in [2.45, 2.75) is 13.8 Å². The number of esters is 2. The summed E-state index contributed by atoms with van der Waals surface area (Å²) in [5.74, 6) is -1.32. The lowest BCUT2D eigenvalue weighted by atomic mass is 10.1. The highest BCUT2D eigenvalue weighted by Crippen LogP contribution is 2.32. The number of carbonyl (C=O) groups excluding carboxylic acids is 2. The molecule has 8 heteroatoms. The number of nitro groups is 1. The average molecular weight is 408 g/mol. The molecule has 0 atom stereocenters. The SMILES string of the molecule is CCOC(=O)c1cc(-c2ccc([N+](=O)[O-])cc2)n(-c2ccccc2)c1C(=O)OCC. The van der Waals surface area contributed by atoms with Crippen LogP contribution in [0, 0.1) is 10.1 Å². The van der Waals surface area contributed by atoms with Crippen molar-refractivity contribution in [3.05, 3.63) is 82.0 Å². The van der Waals surface area contributed by atoms with Gasteiger partial charge in [-0.25, -0.2) is 9.59 Å². The Kier molecular flexibility index (Phi) is 6.26. The summed E-state index contributed by atoms with van der Waals surface area (Å²) >= 11 is 0. The minimum absolute atomic E-state index is 0.0369. The Hall–Kier alpha value is -3.94. The maximum atomic E-state index is 12.8. The first kappa shape index (κ1) is 20.8. The molecule has 0 aliphatic carbocycles. The Labute approximate surface area is 172 Å². The summed E-state index contributed by atoms with van der Waals surface area (Å²) in [6.07, 6.45) is 0. The second-order valence-corrected chi connectivity index (χ2v) is 6.21. The van der Waals surface area contributed by atoms with Crippen LogP contribution in [0.3, 0.4) is 0 Å². The Balaban J connectivity index is 2.29. The van der Waals surface area contributed by atoms with Crippen LogP contribution < -0.4 is 0 Å². The number of para-hydroxylation sites is 1. The van der Waals surface area contributed by atoms with Gasteiger partial charge in [0.1, 0.15) is 5.69 Å². The van der Waals surface area contributed by atoms with Gasteiger partial charge in [-0.05, 0) is 49.7 Å². The number of ether oxygens (including phenoxy) is 2. The lowest BCUT2D eigenvalue weighted by Crippen LogP contribution is -2.17. The monoisotopic (exact) mass is 408 g/mol. The molecule has 0 amide bonds. The molecule has 3 aromatic rings. The van der Waals surface area contributed by atoms with Crippen LogP contribution in [-0.4, -0.2) is 34.6 Å². The zero-order valence-electron chi connectivity index (χ0n) is 16.5. The molecule has 0 saturated heterocycles. The minimum atomic E-state index is -0.669. The predicted molar refractivity (Wildman–Crippen MR) is 110 cm³/mol. The fourth-order valence-electron chi connectivity index (χ4n) is 3.09.